The summed E-state index contributed by atoms with van der Waals surface area (Å²) in [6.45, 7) is 3.07. The number of aryl methyl sites for hydroxylation is 1. The van der Waals surface area contributed by atoms with Crippen LogP contribution in [0.4, 0.5) is 28.4 Å². The molecule has 0 aliphatic rings. The molecule has 10 heteroatoms. The Labute approximate surface area is 136 Å². The molecule has 0 aliphatic carbocycles. The lowest BCUT2D eigenvalue weighted by Crippen LogP contribution is -1.99. The minimum absolute atomic E-state index is 0.00833. The lowest BCUT2D eigenvalue weighted by Gasteiger charge is -2.02. The number of anilines is 3. The maximum absolute atomic E-state index is 10.5. The molecule has 10 nitrogen and oxygen atoms in total. The van der Waals surface area contributed by atoms with E-state index >= 15 is 0 Å². The topological polar surface area (TPSA) is 185 Å². The average Bonchev–Trinajstić information content (AvgIpc) is 2.46. The van der Waals surface area contributed by atoms with Crippen LogP contribution in [0.2, 0.25) is 0 Å². The van der Waals surface area contributed by atoms with Crippen molar-refractivity contribution in [2.45, 2.75) is 13.8 Å². The Hall–Kier alpha value is -3.56. The van der Waals surface area contributed by atoms with Crippen molar-refractivity contribution in [3.8, 4) is 5.75 Å². The Morgan fingerprint density at radius 1 is 0.875 bits per heavy atom. The first-order valence-electron chi connectivity index (χ1n) is 6.58. The Bertz CT molecular complexity index is 748. The molecule has 7 N–H and O–H groups in total. The van der Waals surface area contributed by atoms with E-state index in [0.29, 0.717) is 16.9 Å². The van der Waals surface area contributed by atoms with E-state index in [0.717, 1.165) is 12.1 Å². The molecule has 2 rings (SSSR count). The first-order chi connectivity index (χ1) is 11.0. The summed E-state index contributed by atoms with van der Waals surface area (Å²) < 4.78 is 0. The van der Waals surface area contributed by atoms with Gasteiger partial charge in [0.25, 0.3) is 11.4 Å². The summed E-state index contributed by atoms with van der Waals surface area (Å²) in [7, 11) is 0. The number of nitrogen functional groups attached to an aromatic ring is 3. The highest BCUT2D eigenvalue weighted by Gasteiger charge is 2.22. The zero-order valence-electron chi connectivity index (χ0n) is 13.0. The molecule has 0 fully saturated rings. The fourth-order valence-electron chi connectivity index (χ4n) is 1.92. The molecule has 2 aromatic carbocycles. The van der Waals surface area contributed by atoms with Crippen LogP contribution in [-0.2, 0) is 0 Å². The number of nitro benzene ring substituents is 2. The molecule has 0 amide bonds. The van der Waals surface area contributed by atoms with Crippen LogP contribution < -0.4 is 17.2 Å². The third-order valence-electron chi connectivity index (χ3n) is 3.12. The molecule has 0 aliphatic heterocycles. The lowest BCUT2D eigenvalue weighted by atomic mass is 10.1. The minimum Gasteiger partial charge on any atom is -0.506 e. The van der Waals surface area contributed by atoms with E-state index in [9.17, 15) is 20.2 Å². The number of phenols is 1. The van der Waals surface area contributed by atoms with Crippen LogP contribution >= 0.6 is 0 Å². The molecule has 0 radical (unpaired) electrons. The smallest absolute Gasteiger partial charge is 0.281 e. The molecule has 0 saturated carbocycles. The highest BCUT2D eigenvalue weighted by atomic mass is 16.6. The molecule has 0 heterocycles. The molecule has 24 heavy (non-hydrogen) atoms. The van der Waals surface area contributed by atoms with Crippen molar-refractivity contribution in [3.63, 3.8) is 0 Å². The number of phenolic OH excluding ortho intramolecular Hbond substituents is 1. The first kappa shape index (κ1) is 18.5. The number of nitro groups is 2. The van der Waals surface area contributed by atoms with Gasteiger partial charge in [-0.3, -0.25) is 20.2 Å². The largest absolute Gasteiger partial charge is 0.506 e. The normalized spacial score (nSPS) is 9.75. The number of aromatic hydroxyl groups is 1. The first-order valence-corrected chi connectivity index (χ1v) is 6.58. The van der Waals surface area contributed by atoms with E-state index in [2.05, 4.69) is 0 Å². The minimum atomic E-state index is -0.696. The molecular weight excluding hydrogens is 318 g/mol. The van der Waals surface area contributed by atoms with E-state index in [-0.39, 0.29) is 28.4 Å². The average molecular weight is 335 g/mol. The second-order valence-electron chi connectivity index (χ2n) is 4.97. The van der Waals surface area contributed by atoms with Crippen molar-refractivity contribution < 1.29 is 15.0 Å². The number of rotatable bonds is 2. The van der Waals surface area contributed by atoms with Gasteiger partial charge < -0.3 is 22.3 Å². The van der Waals surface area contributed by atoms with Gasteiger partial charge in [0.1, 0.15) is 11.3 Å². The van der Waals surface area contributed by atoms with Crippen LogP contribution in [0.15, 0.2) is 24.3 Å². The van der Waals surface area contributed by atoms with Crippen molar-refractivity contribution >= 4 is 28.4 Å². The third-order valence-corrected chi connectivity index (χ3v) is 3.12. The second kappa shape index (κ2) is 7.13. The fourth-order valence-corrected chi connectivity index (χ4v) is 1.92. The predicted molar refractivity (Wildman–Crippen MR) is 90.6 cm³/mol. The summed E-state index contributed by atoms with van der Waals surface area (Å²) in [4.78, 5) is 19.6. The van der Waals surface area contributed by atoms with Gasteiger partial charge in [0.2, 0.25) is 0 Å². The number of hydrogen-bond acceptors (Lipinski definition) is 8. The van der Waals surface area contributed by atoms with Gasteiger partial charge in [-0.1, -0.05) is 0 Å². The van der Waals surface area contributed by atoms with Crippen LogP contribution in [0.1, 0.15) is 11.1 Å². The van der Waals surface area contributed by atoms with Gasteiger partial charge >= 0.3 is 0 Å². The van der Waals surface area contributed by atoms with Crippen molar-refractivity contribution in [2.24, 2.45) is 0 Å². The van der Waals surface area contributed by atoms with Gasteiger partial charge in [-0.15, -0.1) is 0 Å². The van der Waals surface area contributed by atoms with Crippen LogP contribution in [-0.4, -0.2) is 15.0 Å². The summed E-state index contributed by atoms with van der Waals surface area (Å²) in [6, 6.07) is 5.40. The van der Waals surface area contributed by atoms with Crippen molar-refractivity contribution in [2.75, 3.05) is 17.2 Å². The molecule has 0 spiro atoms. The van der Waals surface area contributed by atoms with Gasteiger partial charge in [0.05, 0.1) is 15.5 Å². The van der Waals surface area contributed by atoms with Crippen LogP contribution in [0.25, 0.3) is 0 Å². The number of benzene rings is 2. The van der Waals surface area contributed by atoms with Gasteiger partial charge in [-0.05, 0) is 31.5 Å². The van der Waals surface area contributed by atoms with E-state index < -0.39 is 9.85 Å². The molecular formula is C14H17N5O5. The Kier molecular flexibility index (Phi) is 5.50. The molecule has 0 atom stereocenters. The van der Waals surface area contributed by atoms with Gasteiger partial charge in [-0.25, -0.2) is 0 Å². The fraction of sp³-hybridized carbons (Fsp3) is 0.143. The number of nitrogens with two attached hydrogens (primary N) is 3. The lowest BCUT2D eigenvalue weighted by molar-refractivity contribution is -0.395. The van der Waals surface area contributed by atoms with Crippen molar-refractivity contribution in [1.82, 2.24) is 0 Å². The monoisotopic (exact) mass is 335 g/mol. The van der Waals surface area contributed by atoms with Gasteiger partial charge in [0.15, 0.2) is 0 Å². The summed E-state index contributed by atoms with van der Waals surface area (Å²) in [6.07, 6.45) is 0. The highest BCUT2D eigenvalue weighted by Crippen LogP contribution is 2.30. The third kappa shape index (κ3) is 4.22. The molecule has 128 valence electrons. The molecule has 2 aromatic rings. The maximum Gasteiger partial charge on any atom is 0.281 e. The maximum atomic E-state index is 10.5. The van der Waals surface area contributed by atoms with E-state index in [1.54, 1.807) is 13.0 Å². The summed E-state index contributed by atoms with van der Waals surface area (Å²) >= 11 is 0. The molecule has 0 unspecified atom stereocenters. The quantitative estimate of drug-likeness (QED) is 0.211. The summed E-state index contributed by atoms with van der Waals surface area (Å²) in [5, 5.41) is 30.1. The van der Waals surface area contributed by atoms with Gasteiger partial charge in [-0.2, -0.15) is 0 Å². The zero-order valence-corrected chi connectivity index (χ0v) is 13.0. The van der Waals surface area contributed by atoms with E-state index in [1.165, 1.54) is 13.0 Å². The number of hydrogen-bond donors (Lipinski definition) is 4. The number of nitrogens with zero attached hydrogens (tertiary/aromatic N) is 2. The van der Waals surface area contributed by atoms with Crippen molar-refractivity contribution in [1.29, 1.82) is 0 Å². The Balaban J connectivity index is 0.000000254. The van der Waals surface area contributed by atoms with E-state index in [1.807, 2.05) is 0 Å². The van der Waals surface area contributed by atoms with E-state index in [4.69, 9.17) is 22.3 Å². The van der Waals surface area contributed by atoms with Crippen LogP contribution in [0, 0.1) is 34.1 Å². The van der Waals surface area contributed by atoms with Crippen molar-refractivity contribution in [3.05, 3.63) is 55.6 Å². The summed E-state index contributed by atoms with van der Waals surface area (Å²) in [5.41, 5.74) is 17.1. The van der Waals surface area contributed by atoms with Crippen LogP contribution in [0.5, 0.6) is 5.75 Å². The molecule has 0 aromatic heterocycles. The summed E-state index contributed by atoms with van der Waals surface area (Å²) in [5.74, 6) is 0.120. The highest BCUT2D eigenvalue weighted by molar-refractivity contribution is 5.63. The van der Waals surface area contributed by atoms with Gasteiger partial charge in [0, 0.05) is 23.5 Å². The van der Waals surface area contributed by atoms with Crippen LogP contribution in [0.3, 0.4) is 0 Å². The Morgan fingerprint density at radius 3 is 1.67 bits per heavy atom. The zero-order chi connectivity index (χ0) is 18.6. The second-order valence-corrected chi connectivity index (χ2v) is 4.97. The Morgan fingerprint density at radius 2 is 1.29 bits per heavy atom. The standard InChI is InChI=1S/C7H7N3O4.C7H10N2O/c1-4-6(9(11)12)2-5(8)3-7(4)10(13)14;1-4-2-5(8)3-6(9)7(4)10/h2-3H,8H2,1H3;2-3,10H,8-9H2,1H3. The predicted octanol–water partition coefficient (Wildman–Crippen LogP) is 2.26. The molecule has 0 saturated heterocycles. The SMILES string of the molecule is Cc1c([N+](=O)[O-])cc(N)cc1[N+](=O)[O-].Cc1cc(N)cc(N)c1O. The molecule has 0 bridgehead atoms.